The van der Waals surface area contributed by atoms with Gasteiger partial charge in [-0.15, -0.1) is 0 Å². The van der Waals surface area contributed by atoms with E-state index < -0.39 is 6.17 Å². The number of ether oxygens (including phenoxy) is 2. The summed E-state index contributed by atoms with van der Waals surface area (Å²) in [5.41, 5.74) is 4.28. The number of H-pyrrole nitrogens is 1. The molecule has 0 bridgehead atoms. The number of likely N-dealkylation sites (tertiary alicyclic amines) is 1. The molecule has 5 aromatic rings. The van der Waals surface area contributed by atoms with E-state index in [9.17, 15) is 0 Å². The third-order valence-electron chi connectivity index (χ3n) is 7.33. The molecule has 7 rings (SSSR count). The topological polar surface area (TPSA) is 94.0 Å². The highest BCUT2D eigenvalue weighted by molar-refractivity contribution is 6.36. The summed E-state index contributed by atoms with van der Waals surface area (Å²) in [5, 5.41) is 4.84. The van der Waals surface area contributed by atoms with Gasteiger partial charge in [0.25, 0.3) is 0 Å². The number of aromatic nitrogens is 6. The number of hydrogen-bond donors (Lipinski definition) is 1. The molecule has 2 aliphatic heterocycles. The predicted octanol–water partition coefficient (Wildman–Crippen LogP) is 5.11. The van der Waals surface area contributed by atoms with Gasteiger partial charge in [0.05, 0.1) is 59.9 Å². The van der Waals surface area contributed by atoms with Gasteiger partial charge in [0.2, 0.25) is 0 Å². The molecule has 5 heterocycles. The van der Waals surface area contributed by atoms with Crippen LogP contribution in [0.2, 0.25) is 5.02 Å². The smallest absolute Gasteiger partial charge is 0.148 e. The molecule has 2 fully saturated rings. The van der Waals surface area contributed by atoms with Gasteiger partial charge in [0.15, 0.2) is 0 Å². The Balaban J connectivity index is 1.14. The summed E-state index contributed by atoms with van der Waals surface area (Å²) in [5.74, 6) is 1.94. The molecular weight excluding hydrogens is 509 g/mol. The number of aromatic amines is 1. The molecule has 0 radical (unpaired) electrons. The van der Waals surface area contributed by atoms with E-state index in [1.54, 1.807) is 23.1 Å². The lowest BCUT2D eigenvalue weighted by Crippen LogP contribution is -2.55. The van der Waals surface area contributed by atoms with Gasteiger partial charge >= 0.3 is 0 Å². The van der Waals surface area contributed by atoms with Gasteiger partial charge in [0.1, 0.15) is 34.0 Å². The van der Waals surface area contributed by atoms with E-state index in [0.717, 1.165) is 29.0 Å². The molecule has 0 unspecified atom stereocenters. The van der Waals surface area contributed by atoms with E-state index in [0.29, 0.717) is 65.5 Å². The van der Waals surface area contributed by atoms with E-state index in [1.165, 1.54) is 0 Å². The number of imidazole rings is 1. The lowest BCUT2D eigenvalue weighted by Gasteiger charge is -2.42. The van der Waals surface area contributed by atoms with Crippen molar-refractivity contribution in [3.8, 4) is 22.8 Å². The van der Waals surface area contributed by atoms with Crippen LogP contribution >= 0.6 is 11.6 Å². The Labute approximate surface area is 222 Å². The molecular formula is C27H25ClFN7O2. The number of aryl methyl sites for hydroxylation is 1. The average molecular weight is 534 g/mol. The maximum atomic E-state index is 15.1. The predicted molar refractivity (Wildman–Crippen MR) is 141 cm³/mol. The maximum absolute atomic E-state index is 15.1. The fourth-order valence-corrected chi connectivity index (χ4v) is 5.42. The Bertz CT molecular complexity index is 1650. The van der Waals surface area contributed by atoms with Crippen LogP contribution in [0.15, 0.2) is 48.9 Å². The molecule has 2 aliphatic rings. The molecule has 2 aromatic carbocycles. The van der Waals surface area contributed by atoms with Gasteiger partial charge in [-0.25, -0.2) is 14.4 Å². The zero-order valence-electron chi connectivity index (χ0n) is 20.6. The maximum Gasteiger partial charge on any atom is 0.148 e. The van der Waals surface area contributed by atoms with Gasteiger partial charge in [0, 0.05) is 30.9 Å². The number of rotatable bonds is 5. The summed E-state index contributed by atoms with van der Waals surface area (Å²) in [4.78, 5) is 19.1. The fourth-order valence-electron chi connectivity index (χ4n) is 5.18. The number of fused-ring (bicyclic) bond motifs is 2. The number of halogens is 2. The average Bonchev–Trinajstić information content (AvgIpc) is 3.51. The highest BCUT2D eigenvalue weighted by Crippen LogP contribution is 2.36. The van der Waals surface area contributed by atoms with Crippen LogP contribution in [0.4, 0.5) is 4.39 Å². The van der Waals surface area contributed by atoms with Gasteiger partial charge < -0.3 is 14.5 Å². The molecule has 194 valence electrons. The van der Waals surface area contributed by atoms with E-state index in [1.807, 2.05) is 37.4 Å². The van der Waals surface area contributed by atoms with Gasteiger partial charge in [-0.1, -0.05) is 11.6 Å². The van der Waals surface area contributed by atoms with Crippen molar-refractivity contribution in [1.82, 2.24) is 34.6 Å². The van der Waals surface area contributed by atoms with Gasteiger partial charge in [-0.05, 0) is 37.6 Å². The minimum absolute atomic E-state index is 0.311. The number of alkyl halides is 1. The molecule has 2 saturated heterocycles. The number of benzene rings is 2. The third kappa shape index (κ3) is 4.18. The van der Waals surface area contributed by atoms with Crippen molar-refractivity contribution in [3.05, 3.63) is 59.8 Å². The molecule has 0 aliphatic carbocycles. The SMILES string of the molecule is Cc1nc2ccc(Oc3ccc4ncc(-c5cnn([C@H]6CCN(C7COC7)C[C@@H]6F)c5)nc4c3Cl)cc2[nH]1. The Morgan fingerprint density at radius 1 is 1.13 bits per heavy atom. The number of nitrogens with zero attached hydrogens (tertiary/aromatic N) is 6. The van der Waals surface area contributed by atoms with Crippen molar-refractivity contribution in [3.63, 3.8) is 0 Å². The Hall–Kier alpha value is -3.60. The zero-order chi connectivity index (χ0) is 25.8. The minimum Gasteiger partial charge on any atom is -0.456 e. The lowest BCUT2D eigenvalue weighted by atomic mass is 10.0. The molecule has 11 heteroatoms. The first kappa shape index (κ1) is 23.5. The summed E-state index contributed by atoms with van der Waals surface area (Å²) >= 11 is 6.74. The van der Waals surface area contributed by atoms with E-state index in [2.05, 4.69) is 25.0 Å². The number of piperidine rings is 1. The normalized spacial score (nSPS) is 20.7. The molecule has 9 nitrogen and oxygen atoms in total. The largest absolute Gasteiger partial charge is 0.456 e. The van der Waals surface area contributed by atoms with Crippen molar-refractivity contribution < 1.29 is 13.9 Å². The Morgan fingerprint density at radius 3 is 2.82 bits per heavy atom. The van der Waals surface area contributed by atoms with Crippen molar-refractivity contribution in [2.45, 2.75) is 31.6 Å². The van der Waals surface area contributed by atoms with Crippen molar-refractivity contribution in [1.29, 1.82) is 0 Å². The first-order chi connectivity index (χ1) is 18.5. The first-order valence-corrected chi connectivity index (χ1v) is 13.0. The monoisotopic (exact) mass is 533 g/mol. The van der Waals surface area contributed by atoms with Crippen molar-refractivity contribution in [2.75, 3.05) is 26.3 Å². The van der Waals surface area contributed by atoms with Gasteiger partial charge in [-0.2, -0.15) is 5.10 Å². The molecule has 0 amide bonds. The third-order valence-corrected chi connectivity index (χ3v) is 7.69. The standard InChI is InChI=1S/C27H25ClFN7O2/c1-15-32-20-3-2-18(8-22(20)33-15)38-25-5-4-21-27(26(25)28)34-23(10-30-21)16-9-31-36(11-16)24-6-7-35(12-19(24)29)17-13-37-14-17/h2-5,8-11,17,19,24H,6-7,12-14H2,1H3,(H,32,33)/t19-,24-/m0/s1. The van der Waals surface area contributed by atoms with Crippen LogP contribution in [0.5, 0.6) is 11.5 Å². The molecule has 38 heavy (non-hydrogen) atoms. The summed E-state index contributed by atoms with van der Waals surface area (Å²) in [7, 11) is 0. The zero-order valence-corrected chi connectivity index (χ0v) is 21.4. The van der Waals surface area contributed by atoms with Crippen LogP contribution in [0.25, 0.3) is 33.3 Å². The van der Waals surface area contributed by atoms with Crippen LogP contribution in [-0.4, -0.2) is 73.1 Å². The second kappa shape index (κ2) is 9.30. The van der Waals surface area contributed by atoms with E-state index in [4.69, 9.17) is 26.1 Å². The highest BCUT2D eigenvalue weighted by atomic mass is 35.5. The van der Waals surface area contributed by atoms with Crippen molar-refractivity contribution >= 4 is 33.7 Å². The van der Waals surface area contributed by atoms with Crippen LogP contribution in [0.1, 0.15) is 18.3 Å². The molecule has 3 aromatic heterocycles. The second-order valence-electron chi connectivity index (χ2n) is 9.87. The summed E-state index contributed by atoms with van der Waals surface area (Å²) in [6, 6.07) is 9.26. The number of nitrogens with one attached hydrogen (secondary N) is 1. The Morgan fingerprint density at radius 2 is 2.00 bits per heavy atom. The summed E-state index contributed by atoms with van der Waals surface area (Å²) in [6.45, 7) is 4.52. The lowest BCUT2D eigenvalue weighted by molar-refractivity contribution is -0.0847. The quantitative estimate of drug-likeness (QED) is 0.335. The molecule has 0 spiro atoms. The molecule has 1 N–H and O–H groups in total. The van der Waals surface area contributed by atoms with Crippen molar-refractivity contribution in [2.24, 2.45) is 0 Å². The highest BCUT2D eigenvalue weighted by Gasteiger charge is 2.36. The molecule has 2 atom stereocenters. The van der Waals surface area contributed by atoms with Crippen LogP contribution < -0.4 is 4.74 Å². The first-order valence-electron chi connectivity index (χ1n) is 12.6. The minimum atomic E-state index is -1.00. The van der Waals surface area contributed by atoms with Gasteiger partial charge in [-0.3, -0.25) is 14.6 Å². The Kier molecular flexibility index (Phi) is 5.75. The van der Waals surface area contributed by atoms with E-state index >= 15 is 4.39 Å². The summed E-state index contributed by atoms with van der Waals surface area (Å²) in [6.07, 6.45) is 4.91. The second-order valence-corrected chi connectivity index (χ2v) is 10.2. The number of hydrogen-bond acceptors (Lipinski definition) is 7. The van der Waals surface area contributed by atoms with Crippen LogP contribution in [-0.2, 0) is 4.74 Å². The van der Waals surface area contributed by atoms with Crippen LogP contribution in [0, 0.1) is 6.92 Å². The molecule has 0 saturated carbocycles. The van der Waals surface area contributed by atoms with Crippen LogP contribution in [0.3, 0.4) is 0 Å². The van der Waals surface area contributed by atoms with E-state index in [-0.39, 0.29) is 6.04 Å². The summed E-state index contributed by atoms with van der Waals surface area (Å²) < 4.78 is 28.2. The fraction of sp³-hybridized carbons (Fsp3) is 0.333.